The molecule has 0 saturated heterocycles. The predicted octanol–water partition coefficient (Wildman–Crippen LogP) is 5.34. The Morgan fingerprint density at radius 2 is 1.62 bits per heavy atom. The van der Waals surface area contributed by atoms with Crippen molar-refractivity contribution in [2.45, 2.75) is 19.4 Å². The van der Waals surface area contributed by atoms with Gasteiger partial charge in [0.05, 0.1) is 18.1 Å². The van der Waals surface area contributed by atoms with Crippen LogP contribution in [0.25, 0.3) is 22.4 Å². The lowest BCUT2D eigenvalue weighted by Crippen LogP contribution is -2.02. The number of rotatable bonds is 6. The number of fused-ring (bicyclic) bond motifs is 1. The second kappa shape index (κ2) is 7.44. The van der Waals surface area contributed by atoms with Crippen LogP contribution < -0.4 is 4.74 Å². The number of imidazole rings is 1. The maximum Gasteiger partial charge on any atom is 0.141 e. The third kappa shape index (κ3) is 3.33. The molecule has 26 heavy (non-hydrogen) atoms. The number of nitrogens with zero attached hydrogens (tertiary/aromatic N) is 2. The Kier molecular flexibility index (Phi) is 4.69. The van der Waals surface area contributed by atoms with Crippen LogP contribution in [0.3, 0.4) is 0 Å². The maximum absolute atomic E-state index is 5.42. The highest BCUT2D eigenvalue weighted by atomic mass is 16.5. The first-order valence-electron chi connectivity index (χ1n) is 8.99. The van der Waals surface area contributed by atoms with E-state index in [0.29, 0.717) is 0 Å². The van der Waals surface area contributed by atoms with Crippen molar-refractivity contribution < 1.29 is 4.74 Å². The zero-order chi connectivity index (χ0) is 17.8. The number of hydrogen-bond acceptors (Lipinski definition) is 2. The zero-order valence-electron chi connectivity index (χ0n) is 14.9. The van der Waals surface area contributed by atoms with Gasteiger partial charge in [-0.3, -0.25) is 0 Å². The topological polar surface area (TPSA) is 27.1 Å². The van der Waals surface area contributed by atoms with Crippen LogP contribution in [0.1, 0.15) is 12.0 Å². The van der Waals surface area contributed by atoms with E-state index in [4.69, 9.17) is 9.72 Å². The predicted molar refractivity (Wildman–Crippen MR) is 106 cm³/mol. The monoisotopic (exact) mass is 342 g/mol. The number of aromatic nitrogens is 2. The lowest BCUT2D eigenvalue weighted by molar-refractivity contribution is 0.415. The third-order valence-corrected chi connectivity index (χ3v) is 4.68. The van der Waals surface area contributed by atoms with E-state index in [-0.39, 0.29) is 0 Å². The lowest BCUT2D eigenvalue weighted by atomic mass is 10.1. The fraction of sp³-hybridized carbons (Fsp3) is 0.174. The number of aryl methyl sites for hydroxylation is 2. The highest BCUT2D eigenvalue weighted by Crippen LogP contribution is 2.28. The summed E-state index contributed by atoms with van der Waals surface area (Å²) in [5.74, 6) is 1.88. The summed E-state index contributed by atoms with van der Waals surface area (Å²) in [7, 11) is 1.70. The standard InChI is InChI=1S/C23H22N2O/c1-26-20-14-15-21-22(17-20)25(16-8-11-18-9-4-2-5-10-18)23(24-21)19-12-6-3-7-13-19/h2-7,9-10,12-15,17H,8,11,16H2,1H3. The Morgan fingerprint density at radius 3 is 2.35 bits per heavy atom. The number of ether oxygens (including phenoxy) is 1. The molecule has 0 amide bonds. The van der Waals surface area contributed by atoms with Gasteiger partial charge in [-0.2, -0.15) is 0 Å². The van der Waals surface area contributed by atoms with E-state index < -0.39 is 0 Å². The summed E-state index contributed by atoms with van der Waals surface area (Å²) >= 11 is 0. The van der Waals surface area contributed by atoms with Gasteiger partial charge in [-0.1, -0.05) is 60.7 Å². The van der Waals surface area contributed by atoms with Gasteiger partial charge in [-0.15, -0.1) is 0 Å². The molecule has 3 nitrogen and oxygen atoms in total. The van der Waals surface area contributed by atoms with Crippen LogP contribution in [-0.2, 0) is 13.0 Å². The fourth-order valence-corrected chi connectivity index (χ4v) is 3.35. The first-order chi connectivity index (χ1) is 12.8. The Balaban J connectivity index is 1.69. The molecule has 4 rings (SSSR count). The van der Waals surface area contributed by atoms with Crippen LogP contribution in [0, 0.1) is 0 Å². The largest absolute Gasteiger partial charge is 0.497 e. The van der Waals surface area contributed by atoms with Gasteiger partial charge in [0.25, 0.3) is 0 Å². The van der Waals surface area contributed by atoms with Gasteiger partial charge in [-0.25, -0.2) is 4.98 Å². The van der Waals surface area contributed by atoms with Crippen LogP contribution in [0.2, 0.25) is 0 Å². The van der Waals surface area contributed by atoms with Crippen molar-refractivity contribution >= 4 is 11.0 Å². The molecule has 1 heterocycles. The molecule has 0 aliphatic heterocycles. The van der Waals surface area contributed by atoms with E-state index in [9.17, 15) is 0 Å². The number of benzene rings is 3. The van der Waals surface area contributed by atoms with E-state index >= 15 is 0 Å². The fourth-order valence-electron chi connectivity index (χ4n) is 3.35. The first-order valence-corrected chi connectivity index (χ1v) is 8.99. The molecule has 130 valence electrons. The summed E-state index contributed by atoms with van der Waals surface area (Å²) in [5.41, 5.74) is 4.64. The van der Waals surface area contributed by atoms with Gasteiger partial charge >= 0.3 is 0 Å². The summed E-state index contributed by atoms with van der Waals surface area (Å²) in [5, 5.41) is 0. The quantitative estimate of drug-likeness (QED) is 0.472. The van der Waals surface area contributed by atoms with Crippen molar-refractivity contribution in [3.8, 4) is 17.1 Å². The molecule has 0 atom stereocenters. The van der Waals surface area contributed by atoms with Crippen molar-refractivity contribution in [1.29, 1.82) is 0 Å². The van der Waals surface area contributed by atoms with E-state index in [2.05, 4.69) is 65.2 Å². The molecule has 0 radical (unpaired) electrons. The molecule has 0 spiro atoms. The van der Waals surface area contributed by atoms with E-state index in [1.54, 1.807) is 7.11 Å². The molecule has 4 aromatic rings. The SMILES string of the molecule is COc1ccc2nc(-c3ccccc3)n(CCCc3ccccc3)c2c1. The van der Waals surface area contributed by atoms with Crippen LogP contribution >= 0.6 is 0 Å². The van der Waals surface area contributed by atoms with Gasteiger partial charge in [0.2, 0.25) is 0 Å². The van der Waals surface area contributed by atoms with Crippen molar-refractivity contribution in [2.24, 2.45) is 0 Å². The number of hydrogen-bond donors (Lipinski definition) is 0. The smallest absolute Gasteiger partial charge is 0.141 e. The normalized spacial score (nSPS) is 11.0. The van der Waals surface area contributed by atoms with E-state index in [1.807, 2.05) is 18.2 Å². The summed E-state index contributed by atoms with van der Waals surface area (Å²) in [6.07, 6.45) is 2.12. The lowest BCUT2D eigenvalue weighted by Gasteiger charge is -2.10. The van der Waals surface area contributed by atoms with Gasteiger partial charge < -0.3 is 9.30 Å². The molecule has 0 unspecified atom stereocenters. The van der Waals surface area contributed by atoms with Crippen LogP contribution in [0.4, 0.5) is 0 Å². The second-order valence-corrected chi connectivity index (χ2v) is 6.40. The second-order valence-electron chi connectivity index (χ2n) is 6.40. The van der Waals surface area contributed by atoms with Crippen LogP contribution in [-0.4, -0.2) is 16.7 Å². The molecule has 0 aliphatic rings. The molecule has 0 saturated carbocycles. The maximum atomic E-state index is 5.42. The summed E-state index contributed by atoms with van der Waals surface area (Å²) in [4.78, 5) is 4.89. The molecule has 0 aliphatic carbocycles. The van der Waals surface area contributed by atoms with Gasteiger partial charge in [0.1, 0.15) is 11.6 Å². The minimum absolute atomic E-state index is 0.862. The van der Waals surface area contributed by atoms with Crippen LogP contribution in [0.5, 0.6) is 5.75 Å². The van der Waals surface area contributed by atoms with Gasteiger partial charge in [0.15, 0.2) is 0 Å². The number of methoxy groups -OCH3 is 1. The minimum Gasteiger partial charge on any atom is -0.497 e. The average molecular weight is 342 g/mol. The Morgan fingerprint density at radius 1 is 0.885 bits per heavy atom. The molecule has 3 aromatic carbocycles. The highest BCUT2D eigenvalue weighted by Gasteiger charge is 2.13. The van der Waals surface area contributed by atoms with E-state index in [1.165, 1.54) is 5.56 Å². The molecular formula is C23H22N2O. The van der Waals surface area contributed by atoms with Crippen molar-refractivity contribution in [2.75, 3.05) is 7.11 Å². The Hall–Kier alpha value is -3.07. The van der Waals surface area contributed by atoms with Gasteiger partial charge in [0, 0.05) is 18.2 Å². The van der Waals surface area contributed by atoms with Crippen molar-refractivity contribution in [3.63, 3.8) is 0 Å². The third-order valence-electron chi connectivity index (χ3n) is 4.68. The summed E-state index contributed by atoms with van der Waals surface area (Å²) < 4.78 is 7.74. The van der Waals surface area contributed by atoms with E-state index in [0.717, 1.165) is 47.6 Å². The summed E-state index contributed by atoms with van der Waals surface area (Å²) in [6.45, 7) is 0.919. The first kappa shape index (κ1) is 16.4. The van der Waals surface area contributed by atoms with Crippen molar-refractivity contribution in [1.82, 2.24) is 9.55 Å². The molecular weight excluding hydrogens is 320 g/mol. The van der Waals surface area contributed by atoms with Gasteiger partial charge in [-0.05, 0) is 30.5 Å². The summed E-state index contributed by atoms with van der Waals surface area (Å²) in [6, 6.07) is 27.1. The molecule has 0 N–H and O–H groups in total. The average Bonchev–Trinajstić information content (AvgIpc) is 3.07. The Labute approximate surface area is 153 Å². The highest BCUT2D eigenvalue weighted by molar-refractivity contribution is 5.82. The minimum atomic E-state index is 0.862. The Bertz CT molecular complexity index is 991. The molecule has 0 fully saturated rings. The zero-order valence-corrected chi connectivity index (χ0v) is 14.9. The molecule has 3 heteroatoms. The molecule has 1 aromatic heterocycles. The van der Waals surface area contributed by atoms with Crippen molar-refractivity contribution in [3.05, 3.63) is 84.4 Å². The van der Waals surface area contributed by atoms with Crippen LogP contribution in [0.15, 0.2) is 78.9 Å². The molecule has 0 bridgehead atoms.